The summed E-state index contributed by atoms with van der Waals surface area (Å²) >= 11 is 0. The molecule has 1 fully saturated rings. The molecule has 2 unspecified atom stereocenters. The van der Waals surface area contributed by atoms with Crippen molar-refractivity contribution >= 4 is 9.84 Å². The number of rotatable bonds is 6. The summed E-state index contributed by atoms with van der Waals surface area (Å²) < 4.78 is 24.1. The molecule has 15 heavy (non-hydrogen) atoms. The van der Waals surface area contributed by atoms with Crippen molar-refractivity contribution in [1.82, 2.24) is 5.32 Å². The maximum atomic E-state index is 12.0. The van der Waals surface area contributed by atoms with Crippen LogP contribution < -0.4 is 5.32 Å². The zero-order valence-electron chi connectivity index (χ0n) is 9.83. The number of hydrogen-bond donors (Lipinski definition) is 1. The highest BCUT2D eigenvalue weighted by Crippen LogP contribution is 2.26. The summed E-state index contributed by atoms with van der Waals surface area (Å²) in [6.45, 7) is 2.10. The topological polar surface area (TPSA) is 46.2 Å². The van der Waals surface area contributed by atoms with Crippen LogP contribution in [0.3, 0.4) is 0 Å². The number of sulfone groups is 1. The second kappa shape index (κ2) is 5.85. The molecule has 0 amide bonds. The van der Waals surface area contributed by atoms with E-state index >= 15 is 0 Å². The van der Waals surface area contributed by atoms with Gasteiger partial charge in [0.2, 0.25) is 0 Å². The van der Waals surface area contributed by atoms with Crippen molar-refractivity contribution < 1.29 is 8.42 Å². The van der Waals surface area contributed by atoms with E-state index in [2.05, 4.69) is 12.2 Å². The van der Waals surface area contributed by atoms with Gasteiger partial charge < -0.3 is 5.32 Å². The fourth-order valence-electron chi connectivity index (χ4n) is 2.39. The molecule has 0 aromatic carbocycles. The largest absolute Gasteiger partial charge is 0.316 e. The summed E-state index contributed by atoms with van der Waals surface area (Å²) in [6, 6.07) is 0.191. The second-order valence-corrected chi connectivity index (χ2v) is 6.78. The Balaban J connectivity index is 2.52. The lowest BCUT2D eigenvalue weighted by atomic mass is 10.2. The molecule has 0 bridgehead atoms. The molecule has 0 spiro atoms. The summed E-state index contributed by atoms with van der Waals surface area (Å²) in [5.74, 6) is 0.379. The van der Waals surface area contributed by atoms with Crippen LogP contribution in [0.5, 0.6) is 0 Å². The third-order valence-electron chi connectivity index (χ3n) is 3.32. The molecule has 0 aromatic heterocycles. The molecular formula is C11H23NO2S. The van der Waals surface area contributed by atoms with Crippen molar-refractivity contribution in [1.29, 1.82) is 0 Å². The van der Waals surface area contributed by atoms with Crippen LogP contribution in [-0.4, -0.2) is 32.5 Å². The monoisotopic (exact) mass is 233 g/mol. The van der Waals surface area contributed by atoms with E-state index in [0.29, 0.717) is 5.75 Å². The van der Waals surface area contributed by atoms with Gasteiger partial charge in [0, 0.05) is 6.04 Å². The Kier molecular flexibility index (Phi) is 5.06. The summed E-state index contributed by atoms with van der Waals surface area (Å²) in [6.07, 6.45) is 5.83. The van der Waals surface area contributed by atoms with Crippen LogP contribution in [0.2, 0.25) is 0 Å². The molecule has 0 aliphatic heterocycles. The third-order valence-corrected chi connectivity index (χ3v) is 5.66. The first-order valence-electron chi connectivity index (χ1n) is 6.00. The Hall–Kier alpha value is -0.0900. The Bertz CT molecular complexity index is 274. The van der Waals surface area contributed by atoms with Crippen molar-refractivity contribution in [2.24, 2.45) is 0 Å². The molecule has 0 aromatic rings. The summed E-state index contributed by atoms with van der Waals surface area (Å²) in [4.78, 5) is 0. The normalized spacial score (nSPS) is 27.1. The maximum Gasteiger partial charge on any atom is 0.154 e. The van der Waals surface area contributed by atoms with Gasteiger partial charge in [-0.3, -0.25) is 0 Å². The van der Waals surface area contributed by atoms with Gasteiger partial charge >= 0.3 is 0 Å². The van der Waals surface area contributed by atoms with Crippen LogP contribution in [0, 0.1) is 0 Å². The number of nitrogens with one attached hydrogen (secondary N) is 1. The van der Waals surface area contributed by atoms with Crippen LogP contribution in [0.25, 0.3) is 0 Å². The van der Waals surface area contributed by atoms with Crippen molar-refractivity contribution in [3.05, 3.63) is 0 Å². The maximum absolute atomic E-state index is 12.0. The van der Waals surface area contributed by atoms with Crippen LogP contribution >= 0.6 is 0 Å². The number of unbranched alkanes of at least 4 members (excludes halogenated alkanes) is 2. The number of hydrogen-bond acceptors (Lipinski definition) is 3. The zero-order valence-corrected chi connectivity index (χ0v) is 10.6. The van der Waals surface area contributed by atoms with Gasteiger partial charge in [0.25, 0.3) is 0 Å². The van der Waals surface area contributed by atoms with Gasteiger partial charge in [0.1, 0.15) is 0 Å². The van der Waals surface area contributed by atoms with E-state index in [1.165, 1.54) is 0 Å². The fraction of sp³-hybridized carbons (Fsp3) is 1.00. The molecule has 0 saturated heterocycles. The zero-order chi connectivity index (χ0) is 11.3. The molecule has 3 nitrogen and oxygen atoms in total. The lowest BCUT2D eigenvalue weighted by Crippen LogP contribution is -2.39. The van der Waals surface area contributed by atoms with Crippen molar-refractivity contribution in [3.8, 4) is 0 Å². The third kappa shape index (κ3) is 3.45. The first kappa shape index (κ1) is 13.0. The van der Waals surface area contributed by atoms with Crippen molar-refractivity contribution in [3.63, 3.8) is 0 Å². The standard InChI is InChI=1S/C11H23NO2S/c1-3-4-5-9-15(13,14)11-8-6-7-10(11)12-2/h10-12H,3-9H2,1-2H3. The van der Waals surface area contributed by atoms with E-state index in [4.69, 9.17) is 0 Å². The molecule has 4 heteroatoms. The highest BCUT2D eigenvalue weighted by atomic mass is 32.2. The van der Waals surface area contributed by atoms with Crippen LogP contribution in [0.1, 0.15) is 45.4 Å². The fourth-order valence-corrected chi connectivity index (χ4v) is 4.60. The molecule has 1 aliphatic rings. The minimum Gasteiger partial charge on any atom is -0.316 e. The highest BCUT2D eigenvalue weighted by molar-refractivity contribution is 7.92. The first-order chi connectivity index (χ1) is 7.11. The quantitative estimate of drug-likeness (QED) is 0.711. The minimum atomic E-state index is -2.86. The van der Waals surface area contributed by atoms with E-state index in [0.717, 1.165) is 38.5 Å². The van der Waals surface area contributed by atoms with Crippen molar-refractivity contribution in [2.75, 3.05) is 12.8 Å². The van der Waals surface area contributed by atoms with Gasteiger partial charge in [-0.2, -0.15) is 0 Å². The summed E-state index contributed by atoms with van der Waals surface area (Å²) in [5, 5.41) is 3.01. The van der Waals surface area contributed by atoms with E-state index < -0.39 is 9.84 Å². The van der Waals surface area contributed by atoms with Crippen LogP contribution in [0.15, 0.2) is 0 Å². The molecule has 0 heterocycles. The molecule has 2 atom stereocenters. The van der Waals surface area contributed by atoms with Gasteiger partial charge in [-0.25, -0.2) is 8.42 Å². The van der Waals surface area contributed by atoms with Gasteiger partial charge in [0.15, 0.2) is 9.84 Å². The average Bonchev–Trinajstić information content (AvgIpc) is 2.66. The van der Waals surface area contributed by atoms with Crippen molar-refractivity contribution in [2.45, 2.75) is 56.7 Å². The Morgan fingerprint density at radius 2 is 2.00 bits per heavy atom. The van der Waals surface area contributed by atoms with E-state index in [1.54, 1.807) is 0 Å². The lowest BCUT2D eigenvalue weighted by Gasteiger charge is -2.19. The minimum absolute atomic E-state index is 0.126. The predicted molar refractivity (Wildman–Crippen MR) is 63.8 cm³/mol. The summed E-state index contributed by atoms with van der Waals surface area (Å²) in [5.41, 5.74) is 0. The highest BCUT2D eigenvalue weighted by Gasteiger charge is 2.35. The smallest absolute Gasteiger partial charge is 0.154 e. The molecule has 1 rings (SSSR count). The van der Waals surface area contributed by atoms with Crippen LogP contribution in [-0.2, 0) is 9.84 Å². The Morgan fingerprint density at radius 3 is 2.60 bits per heavy atom. The van der Waals surface area contributed by atoms with Gasteiger partial charge in [-0.05, 0) is 26.3 Å². The Morgan fingerprint density at radius 1 is 1.27 bits per heavy atom. The van der Waals surface area contributed by atoms with E-state index in [-0.39, 0.29) is 11.3 Å². The van der Waals surface area contributed by atoms with Gasteiger partial charge in [-0.15, -0.1) is 0 Å². The summed E-state index contributed by atoms with van der Waals surface area (Å²) in [7, 11) is -0.990. The van der Waals surface area contributed by atoms with E-state index in [9.17, 15) is 8.42 Å². The van der Waals surface area contributed by atoms with E-state index in [1.807, 2.05) is 7.05 Å². The molecular weight excluding hydrogens is 210 g/mol. The molecule has 1 N–H and O–H groups in total. The Labute approximate surface area is 93.6 Å². The molecule has 90 valence electrons. The average molecular weight is 233 g/mol. The van der Waals surface area contributed by atoms with Gasteiger partial charge in [0.05, 0.1) is 11.0 Å². The second-order valence-electron chi connectivity index (χ2n) is 4.44. The molecule has 1 aliphatic carbocycles. The lowest BCUT2D eigenvalue weighted by molar-refractivity contribution is 0.535. The molecule has 1 saturated carbocycles. The first-order valence-corrected chi connectivity index (χ1v) is 7.72. The van der Waals surface area contributed by atoms with Gasteiger partial charge in [-0.1, -0.05) is 26.2 Å². The SMILES string of the molecule is CCCCCS(=O)(=O)C1CCCC1NC. The van der Waals surface area contributed by atoms with Crippen LogP contribution in [0.4, 0.5) is 0 Å². The molecule has 0 radical (unpaired) electrons. The predicted octanol–water partition coefficient (Wildman–Crippen LogP) is 1.73.